The monoisotopic (exact) mass is 344 g/mol. The van der Waals surface area contributed by atoms with Crippen molar-refractivity contribution in [3.63, 3.8) is 0 Å². The van der Waals surface area contributed by atoms with Gasteiger partial charge >= 0.3 is 0 Å². The van der Waals surface area contributed by atoms with Crippen LogP contribution < -0.4 is 10.1 Å². The number of hydrogen-bond acceptors (Lipinski definition) is 4. The highest BCUT2D eigenvalue weighted by Gasteiger charge is 2.24. The van der Waals surface area contributed by atoms with E-state index in [9.17, 15) is 4.79 Å². The molecule has 1 aromatic carbocycles. The largest absolute Gasteiger partial charge is 0.488 e. The number of nitrogens with zero attached hydrogens (tertiary/aromatic N) is 1. The molecule has 1 aliphatic rings. The van der Waals surface area contributed by atoms with Crippen LogP contribution in [0.5, 0.6) is 5.75 Å². The van der Waals surface area contributed by atoms with Gasteiger partial charge in [0.25, 0.3) is 5.91 Å². The molecule has 0 saturated carbocycles. The third-order valence-electron chi connectivity index (χ3n) is 4.02. The lowest BCUT2D eigenvalue weighted by Gasteiger charge is -2.28. The number of carbonyl (C=O) groups is 1. The summed E-state index contributed by atoms with van der Waals surface area (Å²) in [7, 11) is 4.10. The fraction of sp³-hybridized carbons (Fsp3) is 0.421. The van der Waals surface area contributed by atoms with Crippen LogP contribution in [-0.2, 0) is 6.61 Å². The van der Waals surface area contributed by atoms with Crippen molar-refractivity contribution in [2.24, 2.45) is 5.41 Å². The van der Waals surface area contributed by atoms with Crippen LogP contribution >= 0.6 is 11.3 Å². The molecule has 0 unspecified atom stereocenters. The Kier molecular flexibility index (Phi) is 4.65. The Balaban J connectivity index is 1.73. The smallest absolute Gasteiger partial charge is 0.261 e. The highest BCUT2D eigenvalue weighted by molar-refractivity contribution is 7.17. The molecule has 128 valence electrons. The highest BCUT2D eigenvalue weighted by atomic mass is 32.1. The molecule has 2 heterocycles. The fourth-order valence-corrected chi connectivity index (χ4v) is 4.24. The fourth-order valence-electron chi connectivity index (χ4n) is 3.13. The minimum absolute atomic E-state index is 0.00119. The standard InChI is InChI=1S/C19H24N2O2S/c1-19(2,12-21(3)4)11-20-18(22)16-9-13-10-23-15-8-6-5-7-14(15)17(13)24-16/h5-9H,10-12H2,1-4H3,(H,20,22). The maximum atomic E-state index is 12.6. The molecule has 1 aromatic heterocycles. The molecule has 0 radical (unpaired) electrons. The average molecular weight is 344 g/mol. The first-order chi connectivity index (χ1) is 11.4. The predicted molar refractivity (Wildman–Crippen MR) is 98.8 cm³/mol. The van der Waals surface area contributed by atoms with E-state index in [0.29, 0.717) is 13.2 Å². The molecule has 3 rings (SSSR count). The van der Waals surface area contributed by atoms with E-state index >= 15 is 0 Å². The summed E-state index contributed by atoms with van der Waals surface area (Å²) in [6.07, 6.45) is 0. The molecule has 1 amide bonds. The first kappa shape index (κ1) is 17.0. The third kappa shape index (κ3) is 3.62. The second kappa shape index (κ2) is 6.57. The number of nitrogens with one attached hydrogen (secondary N) is 1. The maximum Gasteiger partial charge on any atom is 0.261 e. The number of hydrogen-bond donors (Lipinski definition) is 1. The van der Waals surface area contributed by atoms with Crippen molar-refractivity contribution in [2.75, 3.05) is 27.2 Å². The Morgan fingerprint density at radius 2 is 2.08 bits per heavy atom. The Hall–Kier alpha value is -1.85. The van der Waals surface area contributed by atoms with Crippen LogP contribution in [0.25, 0.3) is 10.4 Å². The quantitative estimate of drug-likeness (QED) is 0.901. The van der Waals surface area contributed by atoms with Crippen LogP contribution in [0.4, 0.5) is 0 Å². The predicted octanol–water partition coefficient (Wildman–Crippen LogP) is 3.63. The first-order valence-corrected chi connectivity index (χ1v) is 8.95. The molecular weight excluding hydrogens is 320 g/mol. The van der Waals surface area contributed by atoms with Gasteiger partial charge < -0.3 is 15.0 Å². The highest BCUT2D eigenvalue weighted by Crippen LogP contribution is 2.42. The molecule has 4 nitrogen and oxygen atoms in total. The Morgan fingerprint density at radius 3 is 2.83 bits per heavy atom. The Morgan fingerprint density at radius 1 is 1.33 bits per heavy atom. The van der Waals surface area contributed by atoms with E-state index < -0.39 is 0 Å². The summed E-state index contributed by atoms with van der Waals surface area (Å²) >= 11 is 1.55. The van der Waals surface area contributed by atoms with E-state index in [1.807, 2.05) is 44.4 Å². The van der Waals surface area contributed by atoms with Gasteiger partial charge in [0.05, 0.1) is 4.88 Å². The molecule has 0 saturated heterocycles. The minimum Gasteiger partial charge on any atom is -0.488 e. The van der Waals surface area contributed by atoms with E-state index in [1.165, 1.54) is 0 Å². The van der Waals surface area contributed by atoms with Crippen molar-refractivity contribution in [2.45, 2.75) is 20.5 Å². The van der Waals surface area contributed by atoms with Crippen LogP contribution in [0.15, 0.2) is 30.3 Å². The van der Waals surface area contributed by atoms with Crippen molar-refractivity contribution >= 4 is 17.2 Å². The molecule has 0 spiro atoms. The lowest BCUT2D eigenvalue weighted by molar-refractivity contribution is 0.0933. The number of rotatable bonds is 5. The number of benzene rings is 1. The number of carbonyl (C=O) groups excluding carboxylic acids is 1. The first-order valence-electron chi connectivity index (χ1n) is 8.13. The zero-order chi connectivity index (χ0) is 17.3. The van der Waals surface area contributed by atoms with Crippen molar-refractivity contribution in [3.8, 4) is 16.2 Å². The van der Waals surface area contributed by atoms with Crippen LogP contribution in [0.1, 0.15) is 29.1 Å². The molecule has 2 aromatic rings. The van der Waals surface area contributed by atoms with E-state index in [4.69, 9.17) is 4.74 Å². The molecule has 0 aliphatic carbocycles. The van der Waals surface area contributed by atoms with Gasteiger partial charge in [-0.05, 0) is 37.7 Å². The number of thiophene rings is 1. The summed E-state index contributed by atoms with van der Waals surface area (Å²) in [6.45, 7) is 6.44. The van der Waals surface area contributed by atoms with Gasteiger partial charge in [0.1, 0.15) is 12.4 Å². The second-order valence-electron chi connectivity index (χ2n) is 7.33. The van der Waals surface area contributed by atoms with Crippen molar-refractivity contribution in [3.05, 3.63) is 40.8 Å². The van der Waals surface area contributed by atoms with Crippen LogP contribution in [0, 0.1) is 5.41 Å². The average Bonchev–Trinajstić information content (AvgIpc) is 2.96. The number of ether oxygens (including phenoxy) is 1. The molecule has 1 aliphatic heterocycles. The summed E-state index contributed by atoms with van der Waals surface area (Å²) in [5.41, 5.74) is 2.21. The van der Waals surface area contributed by atoms with Crippen LogP contribution in [-0.4, -0.2) is 38.0 Å². The third-order valence-corrected chi connectivity index (χ3v) is 5.23. The zero-order valence-electron chi connectivity index (χ0n) is 14.7. The normalized spacial score (nSPS) is 13.2. The zero-order valence-corrected chi connectivity index (χ0v) is 15.5. The van der Waals surface area contributed by atoms with Gasteiger partial charge in [-0.3, -0.25) is 4.79 Å². The van der Waals surface area contributed by atoms with Gasteiger partial charge in [0, 0.05) is 29.1 Å². The van der Waals surface area contributed by atoms with E-state index in [-0.39, 0.29) is 11.3 Å². The van der Waals surface area contributed by atoms with E-state index in [1.54, 1.807) is 11.3 Å². The van der Waals surface area contributed by atoms with Gasteiger partial charge in [-0.2, -0.15) is 0 Å². The SMILES string of the molecule is CN(C)CC(C)(C)CNC(=O)c1cc2c(s1)-c1ccccc1OC2. The second-order valence-corrected chi connectivity index (χ2v) is 8.39. The van der Waals surface area contributed by atoms with Crippen LogP contribution in [0.3, 0.4) is 0 Å². The van der Waals surface area contributed by atoms with E-state index in [2.05, 4.69) is 24.1 Å². The topological polar surface area (TPSA) is 41.6 Å². The summed E-state index contributed by atoms with van der Waals surface area (Å²) in [5.74, 6) is 0.893. The lowest BCUT2D eigenvalue weighted by Crippen LogP contribution is -2.39. The number of para-hydroxylation sites is 1. The number of fused-ring (bicyclic) bond motifs is 3. The van der Waals surface area contributed by atoms with Crippen molar-refractivity contribution < 1.29 is 9.53 Å². The van der Waals surface area contributed by atoms with E-state index in [0.717, 1.165) is 33.2 Å². The molecule has 0 fully saturated rings. The van der Waals surface area contributed by atoms with Crippen molar-refractivity contribution in [1.29, 1.82) is 0 Å². The van der Waals surface area contributed by atoms with Crippen molar-refractivity contribution in [1.82, 2.24) is 10.2 Å². The molecule has 1 N–H and O–H groups in total. The molecule has 5 heteroatoms. The van der Waals surface area contributed by atoms with Gasteiger partial charge in [-0.25, -0.2) is 0 Å². The summed E-state index contributed by atoms with van der Waals surface area (Å²) in [5, 5.41) is 3.08. The van der Waals surface area contributed by atoms with Crippen LogP contribution in [0.2, 0.25) is 0 Å². The lowest BCUT2D eigenvalue weighted by atomic mass is 9.93. The molecular formula is C19H24N2O2S. The molecule has 24 heavy (non-hydrogen) atoms. The van der Waals surface area contributed by atoms with Gasteiger partial charge in [-0.1, -0.05) is 26.0 Å². The maximum absolute atomic E-state index is 12.6. The molecule has 0 bridgehead atoms. The van der Waals surface area contributed by atoms with Gasteiger partial charge in [0.2, 0.25) is 0 Å². The summed E-state index contributed by atoms with van der Waals surface area (Å²) in [6, 6.07) is 9.95. The Labute approximate surface area is 147 Å². The molecule has 0 atom stereocenters. The number of amides is 1. The summed E-state index contributed by atoms with van der Waals surface area (Å²) in [4.78, 5) is 16.6. The van der Waals surface area contributed by atoms with Gasteiger partial charge in [-0.15, -0.1) is 11.3 Å². The van der Waals surface area contributed by atoms with Gasteiger partial charge in [0.15, 0.2) is 0 Å². The Bertz CT molecular complexity index is 750. The summed E-state index contributed by atoms with van der Waals surface area (Å²) < 4.78 is 5.77. The minimum atomic E-state index is -0.00119.